The normalized spacial score (nSPS) is 14.0. The fraction of sp³-hybridized carbons (Fsp3) is 0.176. The summed E-state index contributed by atoms with van der Waals surface area (Å²) in [5.74, 6) is 0.146. The van der Waals surface area contributed by atoms with E-state index in [1.54, 1.807) is 36.4 Å². The van der Waals surface area contributed by atoms with Crippen molar-refractivity contribution in [1.82, 2.24) is 5.01 Å². The van der Waals surface area contributed by atoms with Gasteiger partial charge in [-0.3, -0.25) is 4.79 Å². The Labute approximate surface area is 147 Å². The monoisotopic (exact) mass is 392 g/mol. The molecule has 2 aromatic rings. The van der Waals surface area contributed by atoms with E-state index in [9.17, 15) is 9.90 Å². The SMILES string of the molecule is O=C(Cc1cc(Cl)ccc1Br)N1CCC(c2ccc(O)cc2)=N1. The third-order valence-corrected chi connectivity index (χ3v) is 4.65. The van der Waals surface area contributed by atoms with Crippen molar-refractivity contribution in [3.05, 3.63) is 63.1 Å². The maximum Gasteiger partial charge on any atom is 0.247 e. The first-order valence-corrected chi connectivity index (χ1v) is 8.31. The summed E-state index contributed by atoms with van der Waals surface area (Å²) in [6.07, 6.45) is 0.945. The van der Waals surface area contributed by atoms with E-state index in [0.29, 0.717) is 18.0 Å². The van der Waals surface area contributed by atoms with Crippen molar-refractivity contribution in [2.24, 2.45) is 5.10 Å². The van der Waals surface area contributed by atoms with E-state index in [0.717, 1.165) is 21.3 Å². The van der Waals surface area contributed by atoms with Crippen molar-refractivity contribution in [2.45, 2.75) is 12.8 Å². The molecule has 0 saturated heterocycles. The van der Waals surface area contributed by atoms with Crippen molar-refractivity contribution >= 4 is 39.1 Å². The first-order chi connectivity index (χ1) is 11.0. The number of aromatic hydroxyl groups is 1. The van der Waals surface area contributed by atoms with Gasteiger partial charge < -0.3 is 5.11 Å². The van der Waals surface area contributed by atoms with Crippen LogP contribution in [0.5, 0.6) is 5.75 Å². The van der Waals surface area contributed by atoms with Crippen molar-refractivity contribution in [2.75, 3.05) is 6.54 Å². The number of hydrogen-bond acceptors (Lipinski definition) is 3. The molecule has 4 nitrogen and oxygen atoms in total. The summed E-state index contributed by atoms with van der Waals surface area (Å²) in [4.78, 5) is 12.4. The maximum atomic E-state index is 12.4. The average Bonchev–Trinajstić information content (AvgIpc) is 3.02. The zero-order chi connectivity index (χ0) is 16.4. The van der Waals surface area contributed by atoms with Gasteiger partial charge in [0, 0.05) is 15.9 Å². The first-order valence-electron chi connectivity index (χ1n) is 7.14. The molecule has 0 aliphatic carbocycles. The van der Waals surface area contributed by atoms with E-state index < -0.39 is 0 Å². The molecule has 118 valence electrons. The summed E-state index contributed by atoms with van der Waals surface area (Å²) < 4.78 is 0.859. The second-order valence-electron chi connectivity index (χ2n) is 5.27. The minimum atomic E-state index is -0.0678. The number of rotatable bonds is 3. The first kappa shape index (κ1) is 16.0. The van der Waals surface area contributed by atoms with Crippen LogP contribution in [-0.2, 0) is 11.2 Å². The van der Waals surface area contributed by atoms with Gasteiger partial charge in [-0.25, -0.2) is 5.01 Å². The van der Waals surface area contributed by atoms with Crippen molar-refractivity contribution in [1.29, 1.82) is 0 Å². The number of halogens is 2. The van der Waals surface area contributed by atoms with Gasteiger partial charge in [-0.05, 0) is 53.6 Å². The predicted octanol–water partition coefficient (Wildman–Crippen LogP) is 3.99. The molecule has 1 amide bonds. The molecular formula is C17H14BrClN2O2. The summed E-state index contributed by atoms with van der Waals surface area (Å²) in [5, 5.41) is 15.8. The standard InChI is InChI=1S/C17H14BrClN2O2/c18-15-6-3-13(19)9-12(15)10-17(23)21-8-7-16(20-21)11-1-4-14(22)5-2-11/h1-6,9,22H,7-8,10H2. The quantitative estimate of drug-likeness (QED) is 0.857. The number of amides is 1. The molecular weight excluding hydrogens is 380 g/mol. The number of carbonyl (C=O) groups excluding carboxylic acids is 1. The fourth-order valence-electron chi connectivity index (χ4n) is 2.43. The van der Waals surface area contributed by atoms with Crippen LogP contribution in [0, 0.1) is 0 Å². The van der Waals surface area contributed by atoms with Crippen LogP contribution in [0.3, 0.4) is 0 Å². The molecule has 1 aliphatic heterocycles. The Balaban J connectivity index is 1.74. The minimum absolute atomic E-state index is 0.0678. The van der Waals surface area contributed by atoms with Crippen LogP contribution in [0.1, 0.15) is 17.5 Å². The van der Waals surface area contributed by atoms with E-state index in [4.69, 9.17) is 11.6 Å². The minimum Gasteiger partial charge on any atom is -0.508 e. The number of phenols is 1. The lowest BCUT2D eigenvalue weighted by atomic mass is 10.1. The topological polar surface area (TPSA) is 52.9 Å². The lowest BCUT2D eigenvalue weighted by molar-refractivity contribution is -0.130. The number of hydrazone groups is 1. The average molecular weight is 394 g/mol. The van der Waals surface area contributed by atoms with Gasteiger partial charge in [0.1, 0.15) is 5.75 Å². The number of phenolic OH excluding ortho intramolecular Hbond substituents is 1. The fourth-order valence-corrected chi connectivity index (χ4v) is 3.01. The van der Waals surface area contributed by atoms with Crippen LogP contribution in [-0.4, -0.2) is 28.3 Å². The highest BCUT2D eigenvalue weighted by Crippen LogP contribution is 2.23. The molecule has 6 heteroatoms. The van der Waals surface area contributed by atoms with Crippen LogP contribution in [0.25, 0.3) is 0 Å². The molecule has 0 aromatic heterocycles. The Bertz CT molecular complexity index is 775. The molecule has 0 radical (unpaired) electrons. The molecule has 0 atom stereocenters. The van der Waals surface area contributed by atoms with Crippen molar-refractivity contribution in [3.63, 3.8) is 0 Å². The molecule has 0 unspecified atom stereocenters. The van der Waals surface area contributed by atoms with E-state index in [-0.39, 0.29) is 18.1 Å². The molecule has 1 aliphatic rings. The van der Waals surface area contributed by atoms with Crippen LogP contribution in [0.15, 0.2) is 52.0 Å². The van der Waals surface area contributed by atoms with Crippen molar-refractivity contribution in [3.8, 4) is 5.75 Å². The molecule has 0 bridgehead atoms. The van der Waals surface area contributed by atoms with Gasteiger partial charge in [0.15, 0.2) is 0 Å². The van der Waals surface area contributed by atoms with Crippen molar-refractivity contribution < 1.29 is 9.90 Å². The molecule has 3 rings (SSSR count). The van der Waals surface area contributed by atoms with E-state index in [1.807, 2.05) is 6.07 Å². The maximum absolute atomic E-state index is 12.4. The molecule has 0 fully saturated rings. The second kappa shape index (κ2) is 6.72. The Hall–Kier alpha value is -1.85. The summed E-state index contributed by atoms with van der Waals surface area (Å²) in [6, 6.07) is 12.2. The smallest absolute Gasteiger partial charge is 0.247 e. The molecule has 0 saturated carbocycles. The van der Waals surface area contributed by atoms with Gasteiger partial charge in [0.2, 0.25) is 5.91 Å². The number of benzene rings is 2. The molecule has 1 heterocycles. The predicted molar refractivity (Wildman–Crippen MR) is 93.8 cm³/mol. The zero-order valence-electron chi connectivity index (χ0n) is 12.2. The lowest BCUT2D eigenvalue weighted by Gasteiger charge is -2.12. The Morgan fingerprint density at radius 2 is 2.00 bits per heavy atom. The Morgan fingerprint density at radius 1 is 1.26 bits per heavy atom. The molecule has 23 heavy (non-hydrogen) atoms. The Morgan fingerprint density at radius 3 is 2.74 bits per heavy atom. The molecule has 1 N–H and O–H groups in total. The zero-order valence-corrected chi connectivity index (χ0v) is 14.5. The van der Waals surface area contributed by atoms with Crippen LogP contribution >= 0.6 is 27.5 Å². The number of carbonyl (C=O) groups is 1. The summed E-state index contributed by atoms with van der Waals surface area (Å²) in [6.45, 7) is 0.563. The molecule has 0 spiro atoms. The van der Waals surface area contributed by atoms with Gasteiger partial charge in [-0.2, -0.15) is 5.10 Å². The number of nitrogens with zero attached hydrogens (tertiary/aromatic N) is 2. The Kier molecular flexibility index (Phi) is 4.68. The van der Waals surface area contributed by atoms with Crippen LogP contribution in [0.2, 0.25) is 5.02 Å². The highest BCUT2D eigenvalue weighted by molar-refractivity contribution is 9.10. The highest BCUT2D eigenvalue weighted by atomic mass is 79.9. The van der Waals surface area contributed by atoms with Gasteiger partial charge in [0.05, 0.1) is 18.7 Å². The van der Waals surface area contributed by atoms with Gasteiger partial charge >= 0.3 is 0 Å². The van der Waals surface area contributed by atoms with Crippen LogP contribution < -0.4 is 0 Å². The van der Waals surface area contributed by atoms with Crippen LogP contribution in [0.4, 0.5) is 0 Å². The largest absolute Gasteiger partial charge is 0.508 e. The molecule has 2 aromatic carbocycles. The second-order valence-corrected chi connectivity index (χ2v) is 6.56. The van der Waals surface area contributed by atoms with E-state index in [1.165, 1.54) is 5.01 Å². The van der Waals surface area contributed by atoms with Gasteiger partial charge in [-0.1, -0.05) is 27.5 Å². The van der Waals surface area contributed by atoms with E-state index in [2.05, 4.69) is 21.0 Å². The number of hydrogen-bond donors (Lipinski definition) is 1. The summed E-state index contributed by atoms with van der Waals surface area (Å²) in [7, 11) is 0. The summed E-state index contributed by atoms with van der Waals surface area (Å²) in [5.41, 5.74) is 2.61. The van der Waals surface area contributed by atoms with Gasteiger partial charge in [0.25, 0.3) is 0 Å². The summed E-state index contributed by atoms with van der Waals surface area (Å²) >= 11 is 9.42. The van der Waals surface area contributed by atoms with E-state index >= 15 is 0 Å². The van der Waals surface area contributed by atoms with Gasteiger partial charge in [-0.15, -0.1) is 0 Å². The third kappa shape index (κ3) is 3.74. The highest BCUT2D eigenvalue weighted by Gasteiger charge is 2.22. The third-order valence-electron chi connectivity index (χ3n) is 3.64. The lowest BCUT2D eigenvalue weighted by Crippen LogP contribution is -2.25.